The maximum atomic E-state index is 10.6. The van der Waals surface area contributed by atoms with Crippen molar-refractivity contribution < 1.29 is 9.90 Å². The molecule has 0 saturated heterocycles. The largest absolute Gasteiger partial charge is 0.478 e. The fraction of sp³-hybridized carbons (Fsp3) is 0. The maximum absolute atomic E-state index is 10.6. The molecule has 0 unspecified atom stereocenters. The van der Waals surface area contributed by atoms with E-state index in [4.69, 9.17) is 5.11 Å². The summed E-state index contributed by atoms with van der Waals surface area (Å²) in [6.07, 6.45) is 0. The second kappa shape index (κ2) is 3.25. The van der Waals surface area contributed by atoms with Crippen LogP contribution in [-0.4, -0.2) is 18.9 Å². The van der Waals surface area contributed by atoms with Gasteiger partial charge in [-0.25, -0.2) is 4.79 Å². The molecule has 0 atom stereocenters. The molecule has 11 heavy (non-hydrogen) atoms. The number of aromatic carboxylic acids is 1. The maximum Gasteiger partial charge on any atom is 0.336 e. The molecule has 0 fully saturated rings. The Bertz CT molecular complexity index is 298. The summed E-state index contributed by atoms with van der Waals surface area (Å²) in [5.74, 6) is -0.863. The second-order valence-corrected chi connectivity index (χ2v) is 3.32. The van der Waals surface area contributed by atoms with Gasteiger partial charge in [0.1, 0.15) is 7.85 Å². The third-order valence-corrected chi connectivity index (χ3v) is 2.85. The zero-order valence-electron chi connectivity index (χ0n) is 5.97. The zero-order valence-corrected chi connectivity index (χ0v) is 8.12. The van der Waals surface area contributed by atoms with Gasteiger partial charge in [-0.05, 0) is 28.7 Å². The van der Waals surface area contributed by atoms with Crippen LogP contribution in [0.1, 0.15) is 10.4 Å². The van der Waals surface area contributed by atoms with E-state index in [1.54, 1.807) is 12.1 Å². The van der Waals surface area contributed by atoms with Gasteiger partial charge in [-0.15, -0.1) is 0 Å². The first-order valence-corrected chi connectivity index (χ1v) is 4.19. The Morgan fingerprint density at radius 2 is 2.18 bits per heavy atom. The number of halogens is 1. The second-order valence-electron chi connectivity index (χ2n) is 2.24. The molecule has 0 heterocycles. The van der Waals surface area contributed by atoms with E-state index >= 15 is 0 Å². The number of carbonyl (C=O) groups is 1. The average molecular weight is 260 g/mol. The Morgan fingerprint density at radius 1 is 1.55 bits per heavy atom. The summed E-state index contributed by atoms with van der Waals surface area (Å²) in [5.41, 5.74) is 1.39. The number of carboxylic acids is 1. The van der Waals surface area contributed by atoms with Crippen LogP contribution in [0.2, 0.25) is 0 Å². The number of carboxylic acid groups (broad SMARTS) is 1. The first-order valence-electron chi connectivity index (χ1n) is 3.11. The van der Waals surface area contributed by atoms with Crippen LogP contribution in [0.3, 0.4) is 0 Å². The number of hydrogen-bond donors (Lipinski definition) is 1. The first-order chi connectivity index (χ1) is 5.13. The molecule has 1 aromatic carbocycles. The highest BCUT2D eigenvalue weighted by Crippen LogP contribution is 2.08. The van der Waals surface area contributed by atoms with E-state index in [0.29, 0.717) is 5.56 Å². The molecule has 1 rings (SSSR count). The molecule has 0 spiro atoms. The van der Waals surface area contributed by atoms with Gasteiger partial charge < -0.3 is 5.11 Å². The molecule has 0 amide bonds. The molecule has 1 aromatic rings. The van der Waals surface area contributed by atoms with Crippen molar-refractivity contribution in [2.24, 2.45) is 0 Å². The number of rotatable bonds is 1. The van der Waals surface area contributed by atoms with Crippen molar-refractivity contribution in [1.29, 1.82) is 0 Å². The Hall–Kier alpha value is -0.515. The molecule has 0 aliphatic rings. The van der Waals surface area contributed by atoms with Crippen LogP contribution in [-0.2, 0) is 0 Å². The van der Waals surface area contributed by atoms with Gasteiger partial charge in [-0.3, -0.25) is 0 Å². The Balaban J connectivity index is 3.27. The molecule has 0 radical (unpaired) electrons. The summed E-state index contributed by atoms with van der Waals surface area (Å²) in [4.78, 5) is 10.6. The molecule has 56 valence electrons. The van der Waals surface area contributed by atoms with E-state index < -0.39 is 5.97 Å². The van der Waals surface area contributed by atoms with Crippen molar-refractivity contribution in [3.8, 4) is 0 Å². The smallest absolute Gasteiger partial charge is 0.336 e. The SMILES string of the molecule is Bc1cccc(C(=O)O)c1I. The fourth-order valence-electron chi connectivity index (χ4n) is 0.813. The minimum absolute atomic E-state index is 0.380. The lowest BCUT2D eigenvalue weighted by Crippen LogP contribution is -2.12. The third kappa shape index (κ3) is 1.74. The summed E-state index contributed by atoms with van der Waals surface area (Å²) < 4.78 is 0.817. The van der Waals surface area contributed by atoms with Crippen LogP contribution in [0.25, 0.3) is 0 Å². The Morgan fingerprint density at radius 3 is 2.64 bits per heavy atom. The van der Waals surface area contributed by atoms with Gasteiger partial charge in [0.25, 0.3) is 0 Å². The van der Waals surface area contributed by atoms with Crippen LogP contribution >= 0.6 is 22.6 Å². The van der Waals surface area contributed by atoms with Crippen LogP contribution in [0, 0.1) is 3.57 Å². The summed E-state index contributed by atoms with van der Waals surface area (Å²) in [6, 6.07) is 5.26. The Kier molecular flexibility index (Phi) is 2.54. The summed E-state index contributed by atoms with van der Waals surface area (Å²) in [7, 11) is 1.90. The molecule has 0 aliphatic heterocycles. The van der Waals surface area contributed by atoms with Crippen LogP contribution in [0.5, 0.6) is 0 Å². The van der Waals surface area contributed by atoms with E-state index in [1.807, 2.05) is 36.5 Å². The van der Waals surface area contributed by atoms with E-state index in [-0.39, 0.29) is 0 Å². The number of benzene rings is 1. The quantitative estimate of drug-likeness (QED) is 0.580. The summed E-state index contributed by atoms with van der Waals surface area (Å²) in [5, 5.41) is 8.69. The molecule has 0 aromatic heterocycles. The van der Waals surface area contributed by atoms with E-state index in [2.05, 4.69) is 0 Å². The average Bonchev–Trinajstić information content (AvgIpc) is 1.94. The molecule has 1 N–H and O–H groups in total. The molecule has 0 bridgehead atoms. The predicted octanol–water partition coefficient (Wildman–Crippen LogP) is 0.248. The van der Waals surface area contributed by atoms with Crippen molar-refractivity contribution in [3.05, 3.63) is 27.3 Å². The van der Waals surface area contributed by atoms with Gasteiger partial charge in [0.2, 0.25) is 0 Å². The molecule has 2 nitrogen and oxygen atoms in total. The summed E-state index contributed by atoms with van der Waals surface area (Å²) in [6.45, 7) is 0. The van der Waals surface area contributed by atoms with Crippen LogP contribution in [0.4, 0.5) is 0 Å². The van der Waals surface area contributed by atoms with Crippen LogP contribution < -0.4 is 5.46 Å². The van der Waals surface area contributed by atoms with E-state index in [9.17, 15) is 4.79 Å². The van der Waals surface area contributed by atoms with Crippen molar-refractivity contribution in [2.45, 2.75) is 0 Å². The van der Waals surface area contributed by atoms with E-state index in [0.717, 1.165) is 9.03 Å². The first kappa shape index (κ1) is 8.58. The van der Waals surface area contributed by atoms with Gasteiger partial charge in [0, 0.05) is 3.57 Å². The minimum atomic E-state index is -0.863. The molecule has 0 saturated carbocycles. The highest BCUT2D eigenvalue weighted by atomic mass is 127. The van der Waals surface area contributed by atoms with Crippen molar-refractivity contribution in [1.82, 2.24) is 0 Å². The monoisotopic (exact) mass is 260 g/mol. The van der Waals surface area contributed by atoms with Crippen molar-refractivity contribution in [3.63, 3.8) is 0 Å². The normalized spacial score (nSPS) is 9.55. The molecule has 4 heteroatoms. The lowest BCUT2D eigenvalue weighted by molar-refractivity contribution is 0.0696. The standard InChI is InChI=1S/C7H6BIO2/c8-5-3-1-2-4(6(5)9)7(10)11/h1-3H,8H2,(H,10,11). The predicted molar refractivity (Wildman–Crippen MR) is 54.3 cm³/mol. The molecular formula is C7H6BIO2. The lowest BCUT2D eigenvalue weighted by Gasteiger charge is -2.00. The van der Waals surface area contributed by atoms with Crippen molar-refractivity contribution >= 4 is 41.9 Å². The highest BCUT2D eigenvalue weighted by molar-refractivity contribution is 14.1. The molecular weight excluding hydrogens is 254 g/mol. The van der Waals surface area contributed by atoms with Gasteiger partial charge in [0.15, 0.2) is 0 Å². The highest BCUT2D eigenvalue weighted by Gasteiger charge is 2.07. The zero-order chi connectivity index (χ0) is 8.43. The van der Waals surface area contributed by atoms with Crippen molar-refractivity contribution in [2.75, 3.05) is 0 Å². The number of hydrogen-bond acceptors (Lipinski definition) is 1. The third-order valence-electron chi connectivity index (χ3n) is 1.42. The topological polar surface area (TPSA) is 37.3 Å². The fourth-order valence-corrected chi connectivity index (χ4v) is 1.40. The van der Waals surface area contributed by atoms with Gasteiger partial charge >= 0.3 is 5.97 Å². The van der Waals surface area contributed by atoms with Gasteiger partial charge in [-0.1, -0.05) is 17.6 Å². The van der Waals surface area contributed by atoms with E-state index in [1.165, 1.54) is 0 Å². The van der Waals surface area contributed by atoms with Crippen LogP contribution in [0.15, 0.2) is 18.2 Å². The summed E-state index contributed by atoms with van der Waals surface area (Å²) >= 11 is 2.04. The van der Waals surface area contributed by atoms with Gasteiger partial charge in [-0.2, -0.15) is 0 Å². The minimum Gasteiger partial charge on any atom is -0.478 e. The lowest BCUT2D eigenvalue weighted by atomic mass is 9.94. The van der Waals surface area contributed by atoms with Gasteiger partial charge in [0.05, 0.1) is 5.56 Å². The molecule has 0 aliphatic carbocycles. The Labute approximate surface area is 79.2 Å².